The van der Waals surface area contributed by atoms with E-state index in [-0.39, 0.29) is 22.4 Å². The number of rotatable bonds is 5. The van der Waals surface area contributed by atoms with Gasteiger partial charge in [0.2, 0.25) is 11.7 Å². The fourth-order valence-electron chi connectivity index (χ4n) is 3.60. The van der Waals surface area contributed by atoms with E-state index >= 15 is 0 Å². The highest BCUT2D eigenvalue weighted by atomic mass is 35.5. The summed E-state index contributed by atoms with van der Waals surface area (Å²) < 4.78 is 3.36. The molecule has 5 rings (SSSR count). The molecule has 10 heteroatoms. The van der Waals surface area contributed by atoms with Gasteiger partial charge in [-0.05, 0) is 42.8 Å². The van der Waals surface area contributed by atoms with Crippen LogP contribution in [-0.2, 0) is 4.79 Å². The van der Waals surface area contributed by atoms with Crippen molar-refractivity contribution in [3.05, 3.63) is 87.9 Å². The van der Waals surface area contributed by atoms with Crippen molar-refractivity contribution in [2.24, 2.45) is 0 Å². The molecule has 33 heavy (non-hydrogen) atoms. The highest BCUT2D eigenvalue weighted by molar-refractivity contribution is 7.99. The largest absolute Gasteiger partial charge is 0.323 e. The summed E-state index contributed by atoms with van der Waals surface area (Å²) in [5.41, 5.74) is 2.59. The van der Waals surface area contributed by atoms with Crippen molar-refractivity contribution in [3.8, 4) is 5.69 Å². The number of aryl methyl sites for hydroxylation is 1. The summed E-state index contributed by atoms with van der Waals surface area (Å²) in [6.07, 6.45) is 1.55. The van der Waals surface area contributed by atoms with Gasteiger partial charge in [0.1, 0.15) is 0 Å². The van der Waals surface area contributed by atoms with Crippen LogP contribution in [0, 0.1) is 6.92 Å². The lowest BCUT2D eigenvalue weighted by Gasteiger charge is -2.13. The quantitative estimate of drug-likeness (QED) is 0.303. The second-order valence-electron chi connectivity index (χ2n) is 7.24. The van der Waals surface area contributed by atoms with Crippen LogP contribution in [0.5, 0.6) is 0 Å². The summed E-state index contributed by atoms with van der Waals surface area (Å²) in [4.78, 5) is 29.9. The molecular formula is C23H17ClN6O2S. The third kappa shape index (κ3) is 3.85. The zero-order valence-electron chi connectivity index (χ0n) is 17.4. The summed E-state index contributed by atoms with van der Waals surface area (Å²) in [7, 11) is 0. The highest BCUT2D eigenvalue weighted by Gasteiger charge is 2.19. The fourth-order valence-corrected chi connectivity index (χ4v) is 4.51. The van der Waals surface area contributed by atoms with E-state index in [9.17, 15) is 9.59 Å². The Morgan fingerprint density at radius 1 is 1.06 bits per heavy atom. The predicted octanol–water partition coefficient (Wildman–Crippen LogP) is 4.12. The molecule has 3 heterocycles. The molecule has 0 aliphatic heterocycles. The van der Waals surface area contributed by atoms with Crippen LogP contribution in [0.25, 0.3) is 22.4 Å². The topological polar surface area (TPSA) is 94.2 Å². The second-order valence-corrected chi connectivity index (χ2v) is 8.54. The third-order valence-electron chi connectivity index (χ3n) is 5.12. The number of benzene rings is 2. The zero-order valence-corrected chi connectivity index (χ0v) is 19.0. The van der Waals surface area contributed by atoms with Gasteiger partial charge in [-0.25, -0.2) is 9.55 Å². The van der Waals surface area contributed by atoms with Crippen LogP contribution in [0.1, 0.15) is 5.56 Å². The SMILES string of the molecule is Cc1ccccc1-n1c(=O)c2ccccc2n2c(SCC(=O)Nc3cccnc3Cl)nnc12. The Morgan fingerprint density at radius 3 is 2.67 bits per heavy atom. The Bertz CT molecular complexity index is 1580. The molecule has 0 atom stereocenters. The number of fused-ring (bicyclic) bond motifs is 3. The maximum atomic E-state index is 13.4. The van der Waals surface area contributed by atoms with Gasteiger partial charge < -0.3 is 5.32 Å². The molecule has 0 unspecified atom stereocenters. The monoisotopic (exact) mass is 476 g/mol. The number of halogens is 1. The first-order valence-electron chi connectivity index (χ1n) is 10.0. The Balaban J connectivity index is 1.58. The van der Waals surface area contributed by atoms with Crippen molar-refractivity contribution < 1.29 is 4.79 Å². The number of para-hydroxylation sites is 2. The maximum absolute atomic E-state index is 13.4. The van der Waals surface area contributed by atoms with Crippen LogP contribution in [-0.4, -0.2) is 35.8 Å². The molecule has 0 aliphatic carbocycles. The summed E-state index contributed by atoms with van der Waals surface area (Å²) >= 11 is 7.24. The summed E-state index contributed by atoms with van der Waals surface area (Å²) in [6, 6.07) is 18.3. The first-order chi connectivity index (χ1) is 16.0. The molecule has 2 aromatic carbocycles. The minimum atomic E-state index is -0.261. The van der Waals surface area contributed by atoms with Gasteiger partial charge in [-0.1, -0.05) is 53.7 Å². The number of amides is 1. The summed E-state index contributed by atoms with van der Waals surface area (Å²) in [5.74, 6) is 0.193. The molecule has 0 saturated heterocycles. The van der Waals surface area contributed by atoms with E-state index in [0.717, 1.165) is 11.3 Å². The van der Waals surface area contributed by atoms with Crippen molar-refractivity contribution in [3.63, 3.8) is 0 Å². The van der Waals surface area contributed by atoms with Crippen LogP contribution < -0.4 is 10.9 Å². The van der Waals surface area contributed by atoms with Gasteiger partial charge in [-0.3, -0.25) is 14.0 Å². The Labute approximate surface area is 197 Å². The van der Waals surface area contributed by atoms with E-state index in [0.29, 0.717) is 27.5 Å². The number of anilines is 1. The second kappa shape index (κ2) is 8.68. The van der Waals surface area contributed by atoms with E-state index in [4.69, 9.17) is 11.6 Å². The van der Waals surface area contributed by atoms with Gasteiger partial charge in [0.15, 0.2) is 10.3 Å². The first-order valence-corrected chi connectivity index (χ1v) is 11.4. The van der Waals surface area contributed by atoms with Gasteiger partial charge in [0, 0.05) is 6.20 Å². The van der Waals surface area contributed by atoms with Gasteiger partial charge >= 0.3 is 0 Å². The van der Waals surface area contributed by atoms with E-state index < -0.39 is 0 Å². The molecule has 3 aromatic heterocycles. The van der Waals surface area contributed by atoms with E-state index in [1.54, 1.807) is 33.4 Å². The summed E-state index contributed by atoms with van der Waals surface area (Å²) in [5, 5.41) is 12.6. The minimum Gasteiger partial charge on any atom is -0.323 e. The zero-order chi connectivity index (χ0) is 22.9. The number of pyridine rings is 1. The van der Waals surface area contributed by atoms with Crippen molar-refractivity contribution in [1.29, 1.82) is 0 Å². The number of nitrogens with zero attached hydrogens (tertiary/aromatic N) is 5. The lowest BCUT2D eigenvalue weighted by molar-refractivity contribution is -0.113. The smallest absolute Gasteiger partial charge is 0.267 e. The van der Waals surface area contributed by atoms with Gasteiger partial charge in [-0.2, -0.15) is 0 Å². The standard InChI is InChI=1S/C23H17ClN6O2S/c1-14-7-2-4-10-17(14)29-21(32)15-8-3-5-11-18(15)30-22(29)27-28-23(30)33-13-19(31)26-16-9-6-12-25-20(16)24/h2-12H,13H2,1H3,(H,26,31). The number of carbonyl (C=O) groups excluding carboxylic acids is 1. The molecule has 164 valence electrons. The molecule has 5 aromatic rings. The van der Waals surface area contributed by atoms with Crippen molar-refractivity contribution in [2.45, 2.75) is 12.1 Å². The van der Waals surface area contributed by atoms with Crippen LogP contribution in [0.3, 0.4) is 0 Å². The van der Waals surface area contributed by atoms with Gasteiger partial charge in [0.25, 0.3) is 5.56 Å². The molecular weight excluding hydrogens is 460 g/mol. The average molecular weight is 477 g/mol. The Morgan fingerprint density at radius 2 is 1.85 bits per heavy atom. The van der Waals surface area contributed by atoms with Crippen LogP contribution >= 0.6 is 23.4 Å². The number of hydrogen-bond donors (Lipinski definition) is 1. The molecule has 0 spiro atoms. The maximum Gasteiger partial charge on any atom is 0.267 e. The molecule has 1 N–H and O–H groups in total. The molecule has 1 amide bonds. The predicted molar refractivity (Wildman–Crippen MR) is 129 cm³/mol. The van der Waals surface area contributed by atoms with Crippen LogP contribution in [0.4, 0.5) is 5.69 Å². The van der Waals surface area contributed by atoms with Crippen LogP contribution in [0.15, 0.2) is 76.8 Å². The normalized spacial score (nSPS) is 11.2. The molecule has 0 fully saturated rings. The van der Waals surface area contributed by atoms with E-state index in [1.165, 1.54) is 11.8 Å². The van der Waals surface area contributed by atoms with Gasteiger partial charge in [-0.15, -0.1) is 10.2 Å². The number of thioether (sulfide) groups is 1. The highest BCUT2D eigenvalue weighted by Crippen LogP contribution is 2.25. The van der Waals surface area contributed by atoms with E-state index in [2.05, 4.69) is 20.5 Å². The van der Waals surface area contributed by atoms with Crippen molar-refractivity contribution in [2.75, 3.05) is 11.1 Å². The number of hydrogen-bond acceptors (Lipinski definition) is 6. The lowest BCUT2D eigenvalue weighted by Crippen LogP contribution is -2.22. The van der Waals surface area contributed by atoms with Crippen molar-refractivity contribution in [1.82, 2.24) is 24.1 Å². The summed E-state index contributed by atoms with van der Waals surface area (Å²) in [6.45, 7) is 1.94. The molecule has 0 aliphatic rings. The van der Waals surface area contributed by atoms with Crippen LogP contribution in [0.2, 0.25) is 5.15 Å². The molecule has 0 saturated carbocycles. The number of nitrogens with one attached hydrogen (secondary N) is 1. The van der Waals surface area contributed by atoms with Crippen molar-refractivity contribution >= 4 is 51.6 Å². The minimum absolute atomic E-state index is 0.0732. The number of carbonyl (C=O) groups is 1. The molecule has 8 nitrogen and oxygen atoms in total. The molecule has 0 radical (unpaired) electrons. The van der Waals surface area contributed by atoms with E-state index in [1.807, 2.05) is 49.4 Å². The fraction of sp³-hybridized carbons (Fsp3) is 0.0870. The average Bonchev–Trinajstić information content (AvgIpc) is 3.24. The van der Waals surface area contributed by atoms with Gasteiger partial charge in [0.05, 0.1) is 28.0 Å². The molecule has 0 bridgehead atoms. The first kappa shape index (κ1) is 21.2. The number of aromatic nitrogens is 5. The Hall–Kier alpha value is -3.69. The lowest BCUT2D eigenvalue weighted by atomic mass is 10.2. The Kier molecular flexibility index (Phi) is 5.57. The third-order valence-corrected chi connectivity index (χ3v) is 6.35.